The molecule has 0 radical (unpaired) electrons. The molecule has 7 heteroatoms. The Morgan fingerprint density at radius 2 is 2.00 bits per heavy atom. The van der Waals surface area contributed by atoms with Crippen LogP contribution in [0.15, 0.2) is 38.3 Å². The second kappa shape index (κ2) is 5.56. The average molecular weight is 373 g/mol. The molecule has 0 fully saturated rings. The SMILES string of the molecule is C#CCn1c(=O)c2c(nc(-c3cccc(Br)c3)n2C)n(C)c1=O. The van der Waals surface area contributed by atoms with Gasteiger partial charge in [0.15, 0.2) is 11.2 Å². The summed E-state index contributed by atoms with van der Waals surface area (Å²) in [6, 6.07) is 7.58. The number of aromatic nitrogens is 4. The van der Waals surface area contributed by atoms with Gasteiger partial charge in [-0.05, 0) is 12.1 Å². The summed E-state index contributed by atoms with van der Waals surface area (Å²) >= 11 is 3.42. The second-order valence-electron chi connectivity index (χ2n) is 5.11. The summed E-state index contributed by atoms with van der Waals surface area (Å²) in [7, 11) is 3.33. The molecule has 0 amide bonds. The Labute approximate surface area is 140 Å². The predicted molar refractivity (Wildman–Crippen MR) is 92.2 cm³/mol. The van der Waals surface area contributed by atoms with Crippen LogP contribution in [0.2, 0.25) is 0 Å². The molecule has 3 rings (SSSR count). The van der Waals surface area contributed by atoms with Crippen LogP contribution in [0.25, 0.3) is 22.6 Å². The molecular formula is C16H13BrN4O2. The first-order chi connectivity index (χ1) is 11.0. The molecule has 0 saturated heterocycles. The molecule has 23 heavy (non-hydrogen) atoms. The highest BCUT2D eigenvalue weighted by atomic mass is 79.9. The number of halogens is 1. The number of aryl methyl sites for hydroxylation is 2. The Morgan fingerprint density at radius 1 is 1.26 bits per heavy atom. The van der Waals surface area contributed by atoms with Gasteiger partial charge in [0.2, 0.25) is 0 Å². The molecule has 3 aromatic rings. The highest BCUT2D eigenvalue weighted by Crippen LogP contribution is 2.23. The van der Waals surface area contributed by atoms with Gasteiger partial charge in [0.25, 0.3) is 5.56 Å². The predicted octanol–water partition coefficient (Wildman–Crippen LogP) is 1.50. The van der Waals surface area contributed by atoms with Gasteiger partial charge in [-0.1, -0.05) is 34.0 Å². The maximum Gasteiger partial charge on any atom is 0.333 e. The lowest BCUT2D eigenvalue weighted by atomic mass is 10.2. The van der Waals surface area contributed by atoms with Crippen molar-refractivity contribution in [2.45, 2.75) is 6.54 Å². The minimum atomic E-state index is -0.473. The first-order valence-corrected chi connectivity index (χ1v) is 7.60. The van der Waals surface area contributed by atoms with Gasteiger partial charge in [0.1, 0.15) is 5.82 Å². The first-order valence-electron chi connectivity index (χ1n) is 6.81. The fourth-order valence-electron chi connectivity index (χ4n) is 2.56. The number of nitrogens with zero attached hydrogens (tertiary/aromatic N) is 4. The average Bonchev–Trinajstić information content (AvgIpc) is 2.87. The maximum atomic E-state index is 12.6. The van der Waals surface area contributed by atoms with E-state index in [-0.39, 0.29) is 6.54 Å². The van der Waals surface area contributed by atoms with Gasteiger partial charge in [0, 0.05) is 24.1 Å². The van der Waals surface area contributed by atoms with Crippen LogP contribution in [0.3, 0.4) is 0 Å². The Bertz CT molecular complexity index is 1080. The number of hydrogen-bond donors (Lipinski definition) is 0. The number of hydrogen-bond acceptors (Lipinski definition) is 3. The summed E-state index contributed by atoms with van der Waals surface area (Å²) in [6.45, 7) is -0.0706. The van der Waals surface area contributed by atoms with Crippen molar-refractivity contribution in [1.82, 2.24) is 18.7 Å². The molecule has 2 aromatic heterocycles. The van der Waals surface area contributed by atoms with Gasteiger partial charge in [-0.25, -0.2) is 14.3 Å². The lowest BCUT2D eigenvalue weighted by molar-refractivity contribution is 0.674. The topological polar surface area (TPSA) is 61.8 Å². The van der Waals surface area contributed by atoms with Gasteiger partial charge in [-0.2, -0.15) is 0 Å². The van der Waals surface area contributed by atoms with E-state index >= 15 is 0 Å². The molecule has 0 unspecified atom stereocenters. The molecular weight excluding hydrogens is 360 g/mol. The largest absolute Gasteiger partial charge is 0.333 e. The van der Waals surface area contributed by atoms with Crippen molar-refractivity contribution in [3.05, 3.63) is 49.6 Å². The van der Waals surface area contributed by atoms with E-state index in [1.807, 2.05) is 24.3 Å². The zero-order valence-corrected chi connectivity index (χ0v) is 14.2. The lowest BCUT2D eigenvalue weighted by Gasteiger charge is -2.05. The summed E-state index contributed by atoms with van der Waals surface area (Å²) in [5, 5.41) is 0. The lowest BCUT2D eigenvalue weighted by Crippen LogP contribution is -2.39. The molecule has 0 N–H and O–H groups in total. The van der Waals surface area contributed by atoms with Crippen LogP contribution >= 0.6 is 15.9 Å². The Morgan fingerprint density at radius 3 is 2.65 bits per heavy atom. The molecule has 1 aromatic carbocycles. The second-order valence-corrected chi connectivity index (χ2v) is 6.03. The zero-order chi connectivity index (χ0) is 16.7. The maximum absolute atomic E-state index is 12.6. The third-order valence-electron chi connectivity index (χ3n) is 3.69. The van der Waals surface area contributed by atoms with Gasteiger partial charge in [-0.3, -0.25) is 9.36 Å². The molecule has 0 atom stereocenters. The molecule has 0 spiro atoms. The van der Waals surface area contributed by atoms with Crippen LogP contribution in [0.5, 0.6) is 0 Å². The smallest absolute Gasteiger partial charge is 0.321 e. The minimum Gasteiger partial charge on any atom is -0.321 e. The van der Waals surface area contributed by atoms with Crippen LogP contribution in [-0.2, 0) is 20.6 Å². The molecule has 0 aliphatic rings. The van der Waals surface area contributed by atoms with E-state index < -0.39 is 11.2 Å². The number of benzene rings is 1. The normalized spacial score (nSPS) is 10.9. The Kier molecular flexibility index (Phi) is 3.70. The summed E-state index contributed by atoms with van der Waals surface area (Å²) < 4.78 is 4.97. The fraction of sp³-hybridized carbons (Fsp3) is 0.188. The number of imidazole rings is 1. The first kappa shape index (κ1) is 15.3. The van der Waals surface area contributed by atoms with Gasteiger partial charge < -0.3 is 4.57 Å². The van der Waals surface area contributed by atoms with Crippen molar-refractivity contribution in [3.8, 4) is 23.7 Å². The van der Waals surface area contributed by atoms with Gasteiger partial charge in [-0.15, -0.1) is 6.42 Å². The van der Waals surface area contributed by atoms with Crippen molar-refractivity contribution >= 4 is 27.1 Å². The van der Waals surface area contributed by atoms with Crippen molar-refractivity contribution in [2.75, 3.05) is 0 Å². The van der Waals surface area contributed by atoms with Crippen molar-refractivity contribution in [2.24, 2.45) is 14.1 Å². The van der Waals surface area contributed by atoms with Crippen LogP contribution < -0.4 is 11.2 Å². The highest BCUT2D eigenvalue weighted by molar-refractivity contribution is 9.10. The number of terminal acetylenes is 1. The van der Waals surface area contributed by atoms with E-state index in [0.717, 1.165) is 14.6 Å². The Hall–Kier alpha value is -2.59. The summed E-state index contributed by atoms with van der Waals surface area (Å²) in [5.74, 6) is 2.94. The molecule has 2 heterocycles. The Balaban J connectivity index is 2.43. The van der Waals surface area contributed by atoms with E-state index in [4.69, 9.17) is 6.42 Å². The molecule has 116 valence electrons. The van der Waals surface area contributed by atoms with E-state index in [1.165, 1.54) is 4.57 Å². The monoisotopic (exact) mass is 372 g/mol. The van der Waals surface area contributed by atoms with E-state index in [9.17, 15) is 9.59 Å². The van der Waals surface area contributed by atoms with Crippen LogP contribution in [0.1, 0.15) is 0 Å². The van der Waals surface area contributed by atoms with E-state index in [1.54, 1.807) is 18.7 Å². The zero-order valence-electron chi connectivity index (χ0n) is 12.6. The molecule has 0 aliphatic heterocycles. The van der Waals surface area contributed by atoms with Crippen molar-refractivity contribution < 1.29 is 0 Å². The minimum absolute atomic E-state index is 0.0706. The molecule has 0 aliphatic carbocycles. The van der Waals surface area contributed by atoms with Crippen molar-refractivity contribution in [1.29, 1.82) is 0 Å². The summed E-state index contributed by atoms with van der Waals surface area (Å²) in [4.78, 5) is 29.4. The van der Waals surface area contributed by atoms with Crippen LogP contribution in [0.4, 0.5) is 0 Å². The molecule has 6 nitrogen and oxygen atoms in total. The third-order valence-corrected chi connectivity index (χ3v) is 4.19. The summed E-state index contributed by atoms with van der Waals surface area (Å²) in [6.07, 6.45) is 5.26. The summed E-state index contributed by atoms with van der Waals surface area (Å²) in [5.41, 5.74) is 0.619. The number of rotatable bonds is 2. The number of fused-ring (bicyclic) bond motifs is 1. The van der Waals surface area contributed by atoms with Gasteiger partial charge >= 0.3 is 5.69 Å². The highest BCUT2D eigenvalue weighted by Gasteiger charge is 2.18. The third kappa shape index (κ3) is 2.32. The van der Waals surface area contributed by atoms with Crippen molar-refractivity contribution in [3.63, 3.8) is 0 Å². The standard InChI is InChI=1S/C16H13BrN4O2/c1-4-8-21-15(22)12-14(20(3)16(21)23)18-13(19(12)2)10-6-5-7-11(17)9-10/h1,5-7,9H,8H2,2-3H3. The van der Waals surface area contributed by atoms with Gasteiger partial charge in [0.05, 0.1) is 6.54 Å². The van der Waals surface area contributed by atoms with Crippen LogP contribution in [-0.4, -0.2) is 18.7 Å². The van der Waals surface area contributed by atoms with Crippen LogP contribution in [0, 0.1) is 12.3 Å². The molecule has 0 bridgehead atoms. The van der Waals surface area contributed by atoms with E-state index in [0.29, 0.717) is 17.0 Å². The molecule has 0 saturated carbocycles. The quantitative estimate of drug-likeness (QED) is 0.640. The van der Waals surface area contributed by atoms with E-state index in [2.05, 4.69) is 26.8 Å². The fourth-order valence-corrected chi connectivity index (χ4v) is 2.96.